The molecule has 3 aromatic rings. The molecule has 0 aliphatic heterocycles. The Labute approximate surface area is 155 Å². The molecule has 1 aromatic heterocycles. The first kappa shape index (κ1) is 18.1. The number of benzene rings is 2. The van der Waals surface area contributed by atoms with Gasteiger partial charge in [-0.2, -0.15) is 5.10 Å². The number of ether oxygens (including phenoxy) is 1. The van der Waals surface area contributed by atoms with Crippen molar-refractivity contribution in [1.29, 1.82) is 0 Å². The van der Waals surface area contributed by atoms with E-state index in [1.165, 1.54) is 5.56 Å². The van der Waals surface area contributed by atoms with Crippen LogP contribution in [0, 0.1) is 6.92 Å². The molecule has 1 heterocycles. The molecule has 0 amide bonds. The molecule has 136 valence electrons. The Hall–Kier alpha value is -2.75. The molecule has 4 nitrogen and oxygen atoms in total. The first-order chi connectivity index (χ1) is 12.6. The van der Waals surface area contributed by atoms with Crippen LogP contribution in [0.5, 0.6) is 11.5 Å². The molecule has 0 fully saturated rings. The summed E-state index contributed by atoms with van der Waals surface area (Å²) in [6.07, 6.45) is 3.08. The summed E-state index contributed by atoms with van der Waals surface area (Å²) in [6.45, 7) is 8.51. The predicted octanol–water partition coefficient (Wildman–Crippen LogP) is 6.13. The highest BCUT2D eigenvalue weighted by molar-refractivity contribution is 5.48. The fraction of sp³-hybridized carbons (Fsp3) is 0.318. The van der Waals surface area contributed by atoms with Crippen molar-refractivity contribution in [2.45, 2.75) is 46.2 Å². The van der Waals surface area contributed by atoms with Crippen molar-refractivity contribution >= 4 is 5.69 Å². The zero-order chi connectivity index (χ0) is 18.5. The molecule has 0 radical (unpaired) electrons. The van der Waals surface area contributed by atoms with Crippen molar-refractivity contribution in [1.82, 2.24) is 9.78 Å². The molecule has 0 saturated carbocycles. The number of anilines is 1. The van der Waals surface area contributed by atoms with Crippen LogP contribution in [-0.4, -0.2) is 9.78 Å². The third kappa shape index (κ3) is 4.26. The van der Waals surface area contributed by atoms with Crippen molar-refractivity contribution in [3.63, 3.8) is 0 Å². The summed E-state index contributed by atoms with van der Waals surface area (Å²) < 4.78 is 7.88. The molecule has 1 unspecified atom stereocenters. The second-order valence-electron chi connectivity index (χ2n) is 6.79. The summed E-state index contributed by atoms with van der Waals surface area (Å²) >= 11 is 0. The maximum Gasteiger partial charge on any atom is 0.127 e. The first-order valence-corrected chi connectivity index (χ1v) is 9.22. The molecule has 0 saturated heterocycles. The van der Waals surface area contributed by atoms with Gasteiger partial charge in [-0.25, -0.2) is 0 Å². The van der Waals surface area contributed by atoms with Gasteiger partial charge in [0.05, 0.1) is 17.4 Å². The second-order valence-corrected chi connectivity index (χ2v) is 6.79. The Morgan fingerprint density at radius 1 is 1.00 bits per heavy atom. The maximum absolute atomic E-state index is 5.88. The zero-order valence-electron chi connectivity index (χ0n) is 15.9. The Bertz CT molecular complexity index is 822. The number of aryl methyl sites for hydroxylation is 1. The van der Waals surface area contributed by atoms with Crippen molar-refractivity contribution in [3.05, 3.63) is 72.1 Å². The normalized spacial score (nSPS) is 12.2. The predicted molar refractivity (Wildman–Crippen MR) is 107 cm³/mol. The second kappa shape index (κ2) is 8.09. The van der Waals surface area contributed by atoms with Crippen LogP contribution in [0.4, 0.5) is 5.69 Å². The van der Waals surface area contributed by atoms with Crippen molar-refractivity contribution < 1.29 is 4.74 Å². The highest BCUT2D eigenvalue weighted by Crippen LogP contribution is 2.28. The van der Waals surface area contributed by atoms with E-state index in [4.69, 9.17) is 4.74 Å². The Morgan fingerprint density at radius 3 is 2.23 bits per heavy atom. The fourth-order valence-corrected chi connectivity index (χ4v) is 2.89. The van der Waals surface area contributed by atoms with Crippen LogP contribution in [0.2, 0.25) is 0 Å². The van der Waals surface area contributed by atoms with Crippen LogP contribution in [-0.2, 0) is 0 Å². The Morgan fingerprint density at radius 2 is 1.65 bits per heavy atom. The molecule has 0 aliphatic carbocycles. The molecular formula is C22H27N3O. The lowest BCUT2D eigenvalue weighted by Crippen LogP contribution is -2.10. The van der Waals surface area contributed by atoms with Crippen molar-refractivity contribution in [2.24, 2.45) is 0 Å². The highest BCUT2D eigenvalue weighted by atomic mass is 16.5. The number of hydrogen-bond acceptors (Lipinski definition) is 3. The van der Waals surface area contributed by atoms with E-state index >= 15 is 0 Å². The average Bonchev–Trinajstić information content (AvgIpc) is 3.02. The lowest BCUT2D eigenvalue weighted by atomic mass is 10.0. The van der Waals surface area contributed by atoms with E-state index in [1.807, 2.05) is 54.1 Å². The molecule has 4 heteroatoms. The van der Waals surface area contributed by atoms with Gasteiger partial charge in [-0.05, 0) is 57.0 Å². The summed E-state index contributed by atoms with van der Waals surface area (Å²) in [5.74, 6) is 1.70. The molecule has 2 aromatic carbocycles. The molecule has 0 spiro atoms. The van der Waals surface area contributed by atoms with Crippen molar-refractivity contribution in [2.75, 3.05) is 5.32 Å². The number of rotatable bonds is 7. The number of nitrogens with zero attached hydrogens (tertiary/aromatic N) is 2. The molecule has 1 N–H and O–H groups in total. The molecule has 26 heavy (non-hydrogen) atoms. The summed E-state index contributed by atoms with van der Waals surface area (Å²) in [5, 5.41) is 8.22. The summed E-state index contributed by atoms with van der Waals surface area (Å²) in [7, 11) is 0. The summed E-state index contributed by atoms with van der Waals surface area (Å²) in [6, 6.07) is 18.7. The third-order valence-electron chi connectivity index (χ3n) is 4.45. The van der Waals surface area contributed by atoms with E-state index in [1.54, 1.807) is 0 Å². The number of nitrogens with one attached hydrogen (secondary N) is 1. The first-order valence-electron chi connectivity index (χ1n) is 9.22. The minimum absolute atomic E-state index is 0.240. The molecule has 0 bridgehead atoms. The monoisotopic (exact) mass is 349 g/mol. The number of aromatic nitrogens is 2. The van der Waals surface area contributed by atoms with Crippen LogP contribution in [0.15, 0.2) is 60.8 Å². The SMILES string of the molecule is CCC(Nc1cn(C(C)C)nc1C)c1ccc(Oc2ccccc2)cc1. The van der Waals surface area contributed by atoms with Gasteiger partial charge in [0, 0.05) is 12.2 Å². The minimum Gasteiger partial charge on any atom is -0.457 e. The highest BCUT2D eigenvalue weighted by Gasteiger charge is 2.14. The minimum atomic E-state index is 0.240. The van der Waals surface area contributed by atoms with Gasteiger partial charge in [0.25, 0.3) is 0 Å². The van der Waals surface area contributed by atoms with Crippen LogP contribution in [0.3, 0.4) is 0 Å². The van der Waals surface area contributed by atoms with Crippen LogP contribution in [0.1, 0.15) is 50.5 Å². The molecular weight excluding hydrogens is 322 g/mol. The Balaban J connectivity index is 1.72. The van der Waals surface area contributed by atoms with E-state index in [0.29, 0.717) is 6.04 Å². The van der Waals surface area contributed by atoms with Gasteiger partial charge >= 0.3 is 0 Å². The van der Waals surface area contributed by atoms with E-state index in [2.05, 4.69) is 49.5 Å². The van der Waals surface area contributed by atoms with Gasteiger partial charge < -0.3 is 10.1 Å². The summed E-state index contributed by atoms with van der Waals surface area (Å²) in [4.78, 5) is 0. The lowest BCUT2D eigenvalue weighted by molar-refractivity contribution is 0.482. The Kier molecular flexibility index (Phi) is 5.61. The van der Waals surface area contributed by atoms with E-state index in [9.17, 15) is 0 Å². The van der Waals surface area contributed by atoms with Crippen LogP contribution in [0.25, 0.3) is 0 Å². The van der Waals surface area contributed by atoms with E-state index in [0.717, 1.165) is 29.3 Å². The zero-order valence-corrected chi connectivity index (χ0v) is 15.9. The van der Waals surface area contributed by atoms with Gasteiger partial charge in [0.1, 0.15) is 11.5 Å². The standard InChI is InChI=1S/C22H27N3O/c1-5-21(23-22-15-25(16(2)3)24-17(22)4)18-11-13-20(14-12-18)26-19-9-7-6-8-10-19/h6-16,21,23H,5H2,1-4H3. The molecule has 1 atom stereocenters. The average molecular weight is 349 g/mol. The number of hydrogen-bond donors (Lipinski definition) is 1. The fourth-order valence-electron chi connectivity index (χ4n) is 2.89. The summed E-state index contributed by atoms with van der Waals surface area (Å²) in [5.41, 5.74) is 3.36. The maximum atomic E-state index is 5.88. The van der Waals surface area contributed by atoms with E-state index in [-0.39, 0.29) is 6.04 Å². The largest absolute Gasteiger partial charge is 0.457 e. The number of para-hydroxylation sites is 1. The molecule has 3 rings (SSSR count). The lowest BCUT2D eigenvalue weighted by Gasteiger charge is -2.18. The van der Waals surface area contributed by atoms with E-state index < -0.39 is 0 Å². The smallest absolute Gasteiger partial charge is 0.127 e. The topological polar surface area (TPSA) is 39.1 Å². The molecule has 0 aliphatic rings. The van der Waals surface area contributed by atoms with Crippen molar-refractivity contribution in [3.8, 4) is 11.5 Å². The third-order valence-corrected chi connectivity index (χ3v) is 4.45. The van der Waals surface area contributed by atoms with Gasteiger partial charge in [-0.3, -0.25) is 4.68 Å². The van der Waals surface area contributed by atoms with Gasteiger partial charge in [-0.1, -0.05) is 37.3 Å². The van der Waals surface area contributed by atoms with Crippen LogP contribution < -0.4 is 10.1 Å². The quantitative estimate of drug-likeness (QED) is 0.558. The van der Waals surface area contributed by atoms with Crippen LogP contribution >= 0.6 is 0 Å². The van der Waals surface area contributed by atoms with Gasteiger partial charge in [0.2, 0.25) is 0 Å². The van der Waals surface area contributed by atoms with Gasteiger partial charge in [-0.15, -0.1) is 0 Å². The van der Waals surface area contributed by atoms with Gasteiger partial charge in [0.15, 0.2) is 0 Å².